The minimum absolute atomic E-state index is 0.209. The molecule has 6 heteroatoms. The second-order valence-corrected chi connectivity index (χ2v) is 7.77. The SMILES string of the molecule is CS(=O)(=O)c1nc(-c2ccc3c(n2)OCC3)cc2c1CCC2. The van der Waals surface area contributed by atoms with Crippen molar-refractivity contribution in [2.24, 2.45) is 0 Å². The fourth-order valence-corrected chi connectivity index (χ4v) is 4.11. The lowest BCUT2D eigenvalue weighted by Gasteiger charge is -2.10. The molecular weight excluding hydrogens is 300 g/mol. The highest BCUT2D eigenvalue weighted by molar-refractivity contribution is 7.90. The Kier molecular flexibility index (Phi) is 2.97. The third-order valence-corrected chi connectivity index (χ3v) is 5.25. The van der Waals surface area contributed by atoms with Crippen LogP contribution in [-0.2, 0) is 29.1 Å². The molecule has 2 aromatic heterocycles. The van der Waals surface area contributed by atoms with Crippen molar-refractivity contribution in [1.82, 2.24) is 9.97 Å². The Balaban J connectivity index is 1.89. The van der Waals surface area contributed by atoms with Gasteiger partial charge in [-0.2, -0.15) is 0 Å². The number of ether oxygens (including phenoxy) is 1. The summed E-state index contributed by atoms with van der Waals surface area (Å²) in [6, 6.07) is 5.85. The number of hydrogen-bond donors (Lipinski definition) is 0. The van der Waals surface area contributed by atoms with E-state index in [0.717, 1.165) is 42.4 Å². The molecule has 0 saturated carbocycles. The van der Waals surface area contributed by atoms with E-state index in [9.17, 15) is 8.42 Å². The zero-order valence-corrected chi connectivity index (χ0v) is 13.1. The van der Waals surface area contributed by atoms with Crippen molar-refractivity contribution in [3.63, 3.8) is 0 Å². The van der Waals surface area contributed by atoms with Crippen LogP contribution in [0.1, 0.15) is 23.1 Å². The quantitative estimate of drug-likeness (QED) is 0.847. The lowest BCUT2D eigenvalue weighted by atomic mass is 10.1. The highest BCUT2D eigenvalue weighted by Crippen LogP contribution is 2.32. The van der Waals surface area contributed by atoms with Crippen molar-refractivity contribution >= 4 is 9.84 Å². The van der Waals surface area contributed by atoms with Gasteiger partial charge >= 0.3 is 0 Å². The minimum Gasteiger partial charge on any atom is -0.477 e. The molecule has 1 aliphatic carbocycles. The van der Waals surface area contributed by atoms with Gasteiger partial charge in [-0.15, -0.1) is 0 Å². The third-order valence-electron chi connectivity index (χ3n) is 4.21. The molecule has 0 aromatic carbocycles. The molecule has 0 saturated heterocycles. The van der Waals surface area contributed by atoms with Crippen molar-refractivity contribution in [2.75, 3.05) is 12.9 Å². The Bertz CT molecular complexity index is 875. The summed E-state index contributed by atoms with van der Waals surface area (Å²) in [6.45, 7) is 0.651. The lowest BCUT2D eigenvalue weighted by Crippen LogP contribution is -2.07. The molecule has 3 heterocycles. The van der Waals surface area contributed by atoms with Gasteiger partial charge in [-0.1, -0.05) is 6.07 Å². The molecule has 1 aliphatic heterocycles. The summed E-state index contributed by atoms with van der Waals surface area (Å²) in [5.41, 5.74) is 4.32. The van der Waals surface area contributed by atoms with Crippen LogP contribution in [0.5, 0.6) is 5.88 Å². The molecule has 0 unspecified atom stereocenters. The van der Waals surface area contributed by atoms with Gasteiger partial charge in [-0.25, -0.2) is 18.4 Å². The van der Waals surface area contributed by atoms with Crippen molar-refractivity contribution in [1.29, 1.82) is 0 Å². The standard InChI is InChI=1S/C16H16N2O3S/c1-22(19,20)16-12-4-2-3-11(12)9-14(18-16)13-6-5-10-7-8-21-15(10)17-13/h5-6,9H,2-4,7-8H2,1H3. The Hall–Kier alpha value is -1.95. The summed E-state index contributed by atoms with van der Waals surface area (Å²) in [4.78, 5) is 8.90. The van der Waals surface area contributed by atoms with Gasteiger partial charge in [-0.05, 0) is 42.5 Å². The summed E-state index contributed by atoms with van der Waals surface area (Å²) < 4.78 is 29.6. The van der Waals surface area contributed by atoms with Crippen LogP contribution in [0.2, 0.25) is 0 Å². The zero-order chi connectivity index (χ0) is 15.3. The highest BCUT2D eigenvalue weighted by atomic mass is 32.2. The van der Waals surface area contributed by atoms with E-state index in [1.807, 2.05) is 18.2 Å². The second kappa shape index (κ2) is 4.78. The maximum absolute atomic E-state index is 12.1. The largest absolute Gasteiger partial charge is 0.477 e. The number of hydrogen-bond acceptors (Lipinski definition) is 5. The number of nitrogens with zero attached hydrogens (tertiary/aromatic N) is 2. The van der Waals surface area contributed by atoms with Gasteiger partial charge in [0, 0.05) is 18.2 Å². The monoisotopic (exact) mass is 316 g/mol. The lowest BCUT2D eigenvalue weighted by molar-refractivity contribution is 0.345. The van der Waals surface area contributed by atoms with Gasteiger partial charge in [0.2, 0.25) is 5.88 Å². The van der Waals surface area contributed by atoms with E-state index < -0.39 is 9.84 Å². The molecule has 22 heavy (non-hydrogen) atoms. The molecule has 0 atom stereocenters. The van der Waals surface area contributed by atoms with E-state index >= 15 is 0 Å². The Morgan fingerprint density at radius 1 is 1.05 bits per heavy atom. The molecule has 2 aliphatic rings. The molecule has 0 radical (unpaired) electrons. The first-order chi connectivity index (χ1) is 10.5. The van der Waals surface area contributed by atoms with Crippen molar-refractivity contribution in [2.45, 2.75) is 30.7 Å². The Morgan fingerprint density at radius 3 is 2.73 bits per heavy atom. The van der Waals surface area contributed by atoms with E-state index in [-0.39, 0.29) is 5.03 Å². The van der Waals surface area contributed by atoms with Crippen LogP contribution in [-0.4, -0.2) is 31.2 Å². The number of fused-ring (bicyclic) bond motifs is 2. The number of pyridine rings is 2. The van der Waals surface area contributed by atoms with Crippen LogP contribution in [0, 0.1) is 0 Å². The van der Waals surface area contributed by atoms with Gasteiger partial charge < -0.3 is 4.74 Å². The Morgan fingerprint density at radius 2 is 1.91 bits per heavy atom. The molecule has 4 rings (SSSR count). The predicted octanol–water partition coefficient (Wildman–Crippen LogP) is 1.97. The highest BCUT2D eigenvalue weighted by Gasteiger charge is 2.24. The van der Waals surface area contributed by atoms with Gasteiger partial charge in [0.1, 0.15) is 0 Å². The summed E-state index contributed by atoms with van der Waals surface area (Å²) in [5.74, 6) is 0.640. The van der Waals surface area contributed by atoms with Crippen LogP contribution in [0.4, 0.5) is 0 Å². The zero-order valence-electron chi connectivity index (χ0n) is 12.3. The minimum atomic E-state index is -3.34. The number of aromatic nitrogens is 2. The Labute approximate surface area is 129 Å². The molecule has 2 aromatic rings. The molecule has 114 valence electrons. The summed E-state index contributed by atoms with van der Waals surface area (Å²) in [5, 5.41) is 0.209. The van der Waals surface area contributed by atoms with E-state index in [1.165, 1.54) is 6.26 Å². The van der Waals surface area contributed by atoms with E-state index in [0.29, 0.717) is 23.9 Å². The smallest absolute Gasteiger partial charge is 0.217 e. The van der Waals surface area contributed by atoms with Crippen molar-refractivity contribution < 1.29 is 13.2 Å². The van der Waals surface area contributed by atoms with E-state index in [2.05, 4.69) is 9.97 Å². The molecule has 0 spiro atoms. The van der Waals surface area contributed by atoms with Gasteiger partial charge in [0.15, 0.2) is 14.9 Å². The van der Waals surface area contributed by atoms with Crippen LogP contribution >= 0.6 is 0 Å². The topological polar surface area (TPSA) is 69.2 Å². The van der Waals surface area contributed by atoms with E-state index in [1.54, 1.807) is 0 Å². The normalized spacial score (nSPS) is 16.2. The van der Waals surface area contributed by atoms with Crippen LogP contribution in [0.3, 0.4) is 0 Å². The second-order valence-electron chi connectivity index (χ2n) is 5.84. The predicted molar refractivity (Wildman–Crippen MR) is 81.8 cm³/mol. The first kappa shape index (κ1) is 13.7. The van der Waals surface area contributed by atoms with Crippen molar-refractivity contribution in [3.05, 3.63) is 34.9 Å². The molecule has 0 bridgehead atoms. The third kappa shape index (κ3) is 2.18. The molecule has 0 fully saturated rings. The fraction of sp³-hybridized carbons (Fsp3) is 0.375. The summed E-state index contributed by atoms with van der Waals surface area (Å²) in [7, 11) is -3.34. The number of rotatable bonds is 2. The van der Waals surface area contributed by atoms with Crippen LogP contribution < -0.4 is 4.74 Å². The first-order valence-corrected chi connectivity index (χ1v) is 9.27. The van der Waals surface area contributed by atoms with Crippen molar-refractivity contribution in [3.8, 4) is 17.3 Å². The maximum Gasteiger partial charge on any atom is 0.217 e. The molecule has 0 N–H and O–H groups in total. The van der Waals surface area contributed by atoms with Crippen LogP contribution in [0.25, 0.3) is 11.4 Å². The fourth-order valence-electron chi connectivity index (χ4n) is 3.17. The molecular formula is C16H16N2O3S. The molecule has 5 nitrogen and oxygen atoms in total. The van der Waals surface area contributed by atoms with Gasteiger partial charge in [-0.3, -0.25) is 0 Å². The number of aryl methyl sites for hydroxylation is 1. The number of sulfone groups is 1. The molecule has 0 amide bonds. The van der Waals surface area contributed by atoms with Crippen LogP contribution in [0.15, 0.2) is 23.2 Å². The average molecular weight is 316 g/mol. The van der Waals surface area contributed by atoms with Gasteiger partial charge in [0.05, 0.1) is 18.0 Å². The maximum atomic E-state index is 12.1. The average Bonchev–Trinajstić information content (AvgIpc) is 3.12. The summed E-state index contributed by atoms with van der Waals surface area (Å²) >= 11 is 0. The van der Waals surface area contributed by atoms with Gasteiger partial charge in [0.25, 0.3) is 0 Å². The van der Waals surface area contributed by atoms with E-state index in [4.69, 9.17) is 4.74 Å². The summed E-state index contributed by atoms with van der Waals surface area (Å²) in [6.07, 6.45) is 4.75. The first-order valence-electron chi connectivity index (χ1n) is 7.38.